The summed E-state index contributed by atoms with van der Waals surface area (Å²) in [4.78, 5) is 0. The van der Waals surface area contributed by atoms with E-state index < -0.39 is 0 Å². The predicted octanol–water partition coefficient (Wildman–Crippen LogP) is 2.71. The van der Waals surface area contributed by atoms with Crippen LogP contribution in [-0.4, -0.2) is 52.2 Å². The molecule has 0 bridgehead atoms. The zero-order chi connectivity index (χ0) is 15.4. The molecular weight excluding hydrogens is 272 g/mol. The first-order valence-electron chi connectivity index (χ1n) is 8.04. The van der Waals surface area contributed by atoms with Crippen LogP contribution in [0.3, 0.4) is 0 Å². The van der Waals surface area contributed by atoms with E-state index in [-0.39, 0.29) is 26.3 Å². The monoisotopic (exact) mass is 304 g/mol. The molecule has 0 aromatic heterocycles. The van der Waals surface area contributed by atoms with Crippen LogP contribution in [0.25, 0.3) is 0 Å². The molecule has 0 aromatic carbocycles. The first-order chi connectivity index (χ1) is 10.3. The van der Waals surface area contributed by atoms with Crippen molar-refractivity contribution >= 4 is 0 Å². The molecule has 0 aliphatic heterocycles. The Labute approximate surface area is 128 Å². The normalized spacial score (nSPS) is 19.6. The maximum Gasteiger partial charge on any atom is 0.146 e. The van der Waals surface area contributed by atoms with E-state index in [0.29, 0.717) is 12.0 Å². The fourth-order valence-corrected chi connectivity index (χ4v) is 3.27. The molecule has 1 fully saturated rings. The summed E-state index contributed by atoms with van der Waals surface area (Å²) in [6.07, 6.45) is 9.29. The van der Waals surface area contributed by atoms with Gasteiger partial charge >= 0.3 is 0 Å². The lowest BCUT2D eigenvalue weighted by Crippen LogP contribution is -2.29. The van der Waals surface area contributed by atoms with Crippen molar-refractivity contribution in [3.8, 4) is 0 Å². The van der Waals surface area contributed by atoms with E-state index in [0.717, 1.165) is 19.3 Å². The molecule has 1 aliphatic rings. The summed E-state index contributed by atoms with van der Waals surface area (Å²) in [5.41, 5.74) is 0.295. The Morgan fingerprint density at radius 1 is 1.00 bits per heavy atom. The maximum atomic E-state index is 9.37. The van der Waals surface area contributed by atoms with E-state index in [4.69, 9.17) is 18.9 Å². The largest absolute Gasteiger partial charge is 0.396 e. The van der Waals surface area contributed by atoms with Gasteiger partial charge in [0, 0.05) is 20.8 Å². The van der Waals surface area contributed by atoms with Crippen molar-refractivity contribution in [3.05, 3.63) is 0 Å². The smallest absolute Gasteiger partial charge is 0.146 e. The Hall–Kier alpha value is -0.200. The minimum absolute atomic E-state index is 0.0256. The lowest BCUT2D eigenvalue weighted by Gasteiger charge is -2.38. The molecule has 0 aromatic rings. The van der Waals surface area contributed by atoms with Crippen LogP contribution in [0.5, 0.6) is 0 Å². The highest BCUT2D eigenvalue weighted by Crippen LogP contribution is 2.43. The predicted molar refractivity (Wildman–Crippen MR) is 81.0 cm³/mol. The molecule has 0 radical (unpaired) electrons. The molecule has 0 spiro atoms. The quantitative estimate of drug-likeness (QED) is 0.444. The van der Waals surface area contributed by atoms with Gasteiger partial charge in [-0.1, -0.05) is 19.3 Å². The Morgan fingerprint density at radius 2 is 1.71 bits per heavy atom. The molecule has 126 valence electrons. The van der Waals surface area contributed by atoms with Crippen molar-refractivity contribution in [2.75, 3.05) is 41.0 Å². The fourth-order valence-electron chi connectivity index (χ4n) is 3.27. The third kappa shape index (κ3) is 7.56. The van der Waals surface area contributed by atoms with Crippen LogP contribution in [0, 0.1) is 5.41 Å². The molecule has 21 heavy (non-hydrogen) atoms. The number of aliphatic hydroxyl groups is 1. The first-order valence-corrected chi connectivity index (χ1v) is 8.04. The van der Waals surface area contributed by atoms with Gasteiger partial charge in [0.25, 0.3) is 0 Å². The van der Waals surface area contributed by atoms with Gasteiger partial charge in [0.2, 0.25) is 0 Å². The molecule has 1 aliphatic carbocycles. The highest BCUT2D eigenvalue weighted by atomic mass is 16.7. The van der Waals surface area contributed by atoms with Crippen LogP contribution in [0.4, 0.5) is 0 Å². The van der Waals surface area contributed by atoms with Crippen molar-refractivity contribution in [1.82, 2.24) is 0 Å². The number of ether oxygens (including phenoxy) is 4. The first kappa shape index (κ1) is 18.8. The van der Waals surface area contributed by atoms with Gasteiger partial charge in [-0.25, -0.2) is 0 Å². The minimum atomic E-state index is 0.0256. The van der Waals surface area contributed by atoms with Crippen LogP contribution in [-0.2, 0) is 18.9 Å². The average Bonchev–Trinajstić information content (AvgIpc) is 2.51. The summed E-state index contributed by atoms with van der Waals surface area (Å²) in [5.74, 6) is 0. The van der Waals surface area contributed by atoms with Crippen molar-refractivity contribution in [2.24, 2.45) is 5.41 Å². The second-order valence-electron chi connectivity index (χ2n) is 6.05. The highest BCUT2D eigenvalue weighted by molar-refractivity contribution is 4.83. The lowest BCUT2D eigenvalue weighted by molar-refractivity contribution is -0.124. The van der Waals surface area contributed by atoms with E-state index in [9.17, 15) is 5.11 Å². The summed E-state index contributed by atoms with van der Waals surface area (Å²) < 4.78 is 21.0. The van der Waals surface area contributed by atoms with Crippen molar-refractivity contribution in [1.29, 1.82) is 0 Å². The van der Waals surface area contributed by atoms with Crippen molar-refractivity contribution in [2.45, 2.75) is 57.5 Å². The number of aliphatic hydroxyl groups excluding tert-OH is 1. The van der Waals surface area contributed by atoms with Crippen molar-refractivity contribution in [3.63, 3.8) is 0 Å². The third-order valence-corrected chi connectivity index (χ3v) is 4.48. The average molecular weight is 304 g/mol. The summed E-state index contributed by atoms with van der Waals surface area (Å²) in [6.45, 7) is 1.37. The Morgan fingerprint density at radius 3 is 2.33 bits per heavy atom. The van der Waals surface area contributed by atoms with Crippen LogP contribution in [0.15, 0.2) is 0 Å². The Bertz CT molecular complexity index is 235. The third-order valence-electron chi connectivity index (χ3n) is 4.48. The van der Waals surface area contributed by atoms with Crippen LogP contribution < -0.4 is 0 Å². The number of rotatable bonds is 12. The molecule has 5 heteroatoms. The molecule has 1 atom stereocenters. The van der Waals surface area contributed by atoms with Crippen LogP contribution in [0.1, 0.15) is 51.4 Å². The second kappa shape index (κ2) is 11.4. The van der Waals surface area contributed by atoms with E-state index >= 15 is 0 Å². The second-order valence-corrected chi connectivity index (χ2v) is 6.05. The fraction of sp³-hybridized carbons (Fsp3) is 1.00. The molecule has 1 saturated carbocycles. The Kier molecular flexibility index (Phi) is 10.2. The van der Waals surface area contributed by atoms with Gasteiger partial charge in [0.05, 0.1) is 12.7 Å². The lowest BCUT2D eigenvalue weighted by atomic mass is 9.69. The molecular formula is C16H32O5. The van der Waals surface area contributed by atoms with Gasteiger partial charge in [-0.3, -0.25) is 0 Å². The topological polar surface area (TPSA) is 57.2 Å². The molecule has 0 heterocycles. The van der Waals surface area contributed by atoms with Crippen LogP contribution >= 0.6 is 0 Å². The van der Waals surface area contributed by atoms with Gasteiger partial charge < -0.3 is 24.1 Å². The summed E-state index contributed by atoms with van der Waals surface area (Å²) >= 11 is 0. The van der Waals surface area contributed by atoms with Gasteiger partial charge in [-0.2, -0.15) is 0 Å². The number of hydrogen-bond acceptors (Lipinski definition) is 5. The molecule has 5 nitrogen and oxygen atoms in total. The minimum Gasteiger partial charge on any atom is -0.396 e. The van der Waals surface area contributed by atoms with Gasteiger partial charge in [0.1, 0.15) is 13.6 Å². The zero-order valence-electron chi connectivity index (χ0n) is 13.6. The number of hydrogen-bond donors (Lipinski definition) is 1. The van der Waals surface area contributed by atoms with E-state index in [1.165, 1.54) is 32.1 Å². The summed E-state index contributed by atoms with van der Waals surface area (Å²) in [5, 5.41) is 9.37. The van der Waals surface area contributed by atoms with Gasteiger partial charge in [0.15, 0.2) is 0 Å². The number of methoxy groups -OCH3 is 2. The molecule has 1 N–H and O–H groups in total. The molecule has 0 amide bonds. The zero-order valence-corrected chi connectivity index (χ0v) is 13.6. The summed E-state index contributed by atoms with van der Waals surface area (Å²) in [6, 6.07) is 0. The Balaban J connectivity index is 2.42. The molecule has 1 unspecified atom stereocenters. The maximum absolute atomic E-state index is 9.37. The van der Waals surface area contributed by atoms with E-state index in [1.807, 2.05) is 0 Å². The molecule has 0 saturated heterocycles. The van der Waals surface area contributed by atoms with Crippen molar-refractivity contribution < 1.29 is 24.1 Å². The summed E-state index contributed by atoms with van der Waals surface area (Å²) in [7, 11) is 3.24. The molecule has 1 rings (SSSR count). The van der Waals surface area contributed by atoms with Gasteiger partial charge in [-0.05, 0) is 37.5 Å². The highest BCUT2D eigenvalue weighted by Gasteiger charge is 2.32. The SMILES string of the molecule is COCOCC(CCC1(CCO)CCCCC1)OCOC. The standard InChI is InChI=1S/C16H32O5/c1-18-13-20-12-15(21-14-19-2)6-9-16(10-11-17)7-4-3-5-8-16/h15,17H,3-14H2,1-2H3. The van der Waals surface area contributed by atoms with Gasteiger partial charge in [-0.15, -0.1) is 0 Å². The van der Waals surface area contributed by atoms with E-state index in [2.05, 4.69) is 0 Å². The van der Waals surface area contributed by atoms with E-state index in [1.54, 1.807) is 14.2 Å². The van der Waals surface area contributed by atoms with Crippen LogP contribution in [0.2, 0.25) is 0 Å².